The maximum absolute atomic E-state index is 5.11. The first-order chi connectivity index (χ1) is 13.0. The van der Waals surface area contributed by atoms with Crippen molar-refractivity contribution in [2.45, 2.75) is 39.8 Å². The van der Waals surface area contributed by atoms with Crippen LogP contribution in [0.5, 0.6) is 5.88 Å². The molecule has 3 heterocycles. The van der Waals surface area contributed by atoms with Crippen molar-refractivity contribution in [3.8, 4) is 17.3 Å². The Labute approximate surface area is 159 Å². The van der Waals surface area contributed by atoms with Gasteiger partial charge in [-0.2, -0.15) is 0 Å². The van der Waals surface area contributed by atoms with E-state index < -0.39 is 0 Å². The van der Waals surface area contributed by atoms with Gasteiger partial charge in [0.25, 0.3) is 0 Å². The van der Waals surface area contributed by atoms with Gasteiger partial charge in [0, 0.05) is 43.0 Å². The zero-order valence-corrected chi connectivity index (χ0v) is 16.5. The maximum atomic E-state index is 5.11. The molecule has 8 nitrogen and oxygen atoms in total. The number of methoxy groups -OCH3 is 1. The number of aromatic amines is 1. The zero-order valence-electron chi connectivity index (χ0n) is 16.5. The molecule has 0 aromatic carbocycles. The van der Waals surface area contributed by atoms with E-state index in [1.807, 2.05) is 6.07 Å². The predicted molar refractivity (Wildman–Crippen MR) is 107 cm³/mol. The van der Waals surface area contributed by atoms with E-state index in [4.69, 9.17) is 9.72 Å². The van der Waals surface area contributed by atoms with Crippen LogP contribution in [0.1, 0.15) is 27.7 Å². The number of aromatic nitrogens is 5. The van der Waals surface area contributed by atoms with Crippen LogP contribution in [0.15, 0.2) is 24.7 Å². The Hall–Kier alpha value is -2.74. The third kappa shape index (κ3) is 4.33. The number of rotatable bonds is 8. The first-order valence-electron chi connectivity index (χ1n) is 9.20. The molecule has 3 rings (SSSR count). The van der Waals surface area contributed by atoms with Crippen LogP contribution in [0, 0.1) is 0 Å². The molecule has 0 bridgehead atoms. The average Bonchev–Trinajstić information content (AvgIpc) is 3.13. The summed E-state index contributed by atoms with van der Waals surface area (Å²) in [5, 5.41) is 3.44. The molecule has 0 aliphatic rings. The van der Waals surface area contributed by atoms with Gasteiger partial charge in [0.1, 0.15) is 5.52 Å². The number of fused-ring (bicyclic) bond motifs is 1. The smallest absolute Gasteiger partial charge is 0.212 e. The SMILES string of the molecule is COc1ccc(-c2nc(NCCN(C(C)C)C(C)C)c3[nH]cnc3n2)cn1. The van der Waals surface area contributed by atoms with Gasteiger partial charge in [0.15, 0.2) is 17.3 Å². The minimum atomic E-state index is 0.491. The van der Waals surface area contributed by atoms with E-state index in [-0.39, 0.29) is 0 Å². The lowest BCUT2D eigenvalue weighted by Gasteiger charge is -2.30. The number of anilines is 1. The molecule has 3 aromatic rings. The molecule has 144 valence electrons. The summed E-state index contributed by atoms with van der Waals surface area (Å²) in [6.45, 7) is 10.6. The van der Waals surface area contributed by atoms with E-state index >= 15 is 0 Å². The van der Waals surface area contributed by atoms with Crippen molar-refractivity contribution in [1.29, 1.82) is 0 Å². The lowest BCUT2D eigenvalue weighted by molar-refractivity contribution is 0.182. The molecule has 0 saturated heterocycles. The monoisotopic (exact) mass is 369 g/mol. The summed E-state index contributed by atoms with van der Waals surface area (Å²) in [4.78, 5) is 23.3. The van der Waals surface area contributed by atoms with Gasteiger partial charge in [0.2, 0.25) is 5.88 Å². The molecule has 8 heteroatoms. The van der Waals surface area contributed by atoms with Gasteiger partial charge in [0.05, 0.1) is 13.4 Å². The lowest BCUT2D eigenvalue weighted by atomic mass is 10.2. The normalized spacial score (nSPS) is 11.7. The van der Waals surface area contributed by atoms with Crippen LogP contribution in [0.4, 0.5) is 5.82 Å². The first-order valence-corrected chi connectivity index (χ1v) is 9.20. The Bertz CT molecular complexity index is 865. The molecule has 0 radical (unpaired) electrons. The number of H-pyrrole nitrogens is 1. The third-order valence-electron chi connectivity index (χ3n) is 4.48. The van der Waals surface area contributed by atoms with E-state index in [0.717, 1.165) is 30.0 Å². The topological polar surface area (TPSA) is 91.8 Å². The van der Waals surface area contributed by atoms with Crippen LogP contribution >= 0.6 is 0 Å². The number of nitrogens with one attached hydrogen (secondary N) is 2. The molecule has 0 saturated carbocycles. The average molecular weight is 369 g/mol. The fraction of sp³-hybridized carbons (Fsp3) is 0.474. The lowest BCUT2D eigenvalue weighted by Crippen LogP contribution is -2.40. The van der Waals surface area contributed by atoms with Crippen molar-refractivity contribution >= 4 is 17.0 Å². The largest absolute Gasteiger partial charge is 0.481 e. The van der Waals surface area contributed by atoms with E-state index in [2.05, 4.69) is 57.8 Å². The first kappa shape index (κ1) is 19.0. The summed E-state index contributed by atoms with van der Waals surface area (Å²) in [6.07, 6.45) is 3.34. The Kier molecular flexibility index (Phi) is 5.85. The highest BCUT2D eigenvalue weighted by molar-refractivity contribution is 5.84. The van der Waals surface area contributed by atoms with Gasteiger partial charge >= 0.3 is 0 Å². The van der Waals surface area contributed by atoms with Gasteiger partial charge < -0.3 is 15.0 Å². The number of nitrogens with zero attached hydrogens (tertiary/aromatic N) is 5. The summed E-state index contributed by atoms with van der Waals surface area (Å²) in [7, 11) is 1.59. The second-order valence-electron chi connectivity index (χ2n) is 6.94. The second-order valence-corrected chi connectivity index (χ2v) is 6.94. The van der Waals surface area contributed by atoms with E-state index in [0.29, 0.717) is 29.4 Å². The minimum Gasteiger partial charge on any atom is -0.481 e. The van der Waals surface area contributed by atoms with Gasteiger partial charge in [-0.25, -0.2) is 19.9 Å². The van der Waals surface area contributed by atoms with Gasteiger partial charge in [-0.1, -0.05) is 0 Å². The molecular weight excluding hydrogens is 342 g/mol. The molecule has 2 N–H and O–H groups in total. The second kappa shape index (κ2) is 8.30. The van der Waals surface area contributed by atoms with E-state index in [1.165, 1.54) is 0 Å². The van der Waals surface area contributed by atoms with Gasteiger partial charge in [-0.15, -0.1) is 0 Å². The number of imidazole rings is 1. The summed E-state index contributed by atoms with van der Waals surface area (Å²) < 4.78 is 5.11. The molecule has 0 aliphatic heterocycles. The highest BCUT2D eigenvalue weighted by Crippen LogP contribution is 2.23. The van der Waals surface area contributed by atoms with Gasteiger partial charge in [-0.05, 0) is 33.8 Å². The molecule has 3 aromatic heterocycles. The van der Waals surface area contributed by atoms with Crippen molar-refractivity contribution in [1.82, 2.24) is 29.8 Å². The number of hydrogen-bond donors (Lipinski definition) is 2. The third-order valence-corrected chi connectivity index (χ3v) is 4.48. The van der Waals surface area contributed by atoms with Crippen molar-refractivity contribution < 1.29 is 4.74 Å². The Morgan fingerprint density at radius 1 is 1.11 bits per heavy atom. The van der Waals surface area contributed by atoms with Crippen molar-refractivity contribution in [3.63, 3.8) is 0 Å². The van der Waals surface area contributed by atoms with Crippen LogP contribution in [0.25, 0.3) is 22.6 Å². The predicted octanol–water partition coefficient (Wildman–Crippen LogP) is 2.95. The minimum absolute atomic E-state index is 0.491. The Balaban J connectivity index is 1.83. The van der Waals surface area contributed by atoms with Crippen LogP contribution < -0.4 is 10.1 Å². The molecule has 0 spiro atoms. The van der Waals surface area contributed by atoms with E-state index in [9.17, 15) is 0 Å². The highest BCUT2D eigenvalue weighted by Gasteiger charge is 2.15. The fourth-order valence-electron chi connectivity index (χ4n) is 3.14. The van der Waals surface area contributed by atoms with Crippen LogP contribution in [0.3, 0.4) is 0 Å². The van der Waals surface area contributed by atoms with Gasteiger partial charge in [-0.3, -0.25) is 4.90 Å². The Morgan fingerprint density at radius 2 is 1.89 bits per heavy atom. The van der Waals surface area contributed by atoms with Crippen molar-refractivity contribution in [2.24, 2.45) is 0 Å². The Morgan fingerprint density at radius 3 is 2.52 bits per heavy atom. The quantitative estimate of drug-likeness (QED) is 0.631. The number of ether oxygens (including phenoxy) is 1. The molecular formula is C19H27N7O. The van der Waals surface area contributed by atoms with E-state index in [1.54, 1.807) is 25.7 Å². The number of pyridine rings is 1. The summed E-state index contributed by atoms with van der Waals surface area (Å²) in [5.41, 5.74) is 2.25. The zero-order chi connectivity index (χ0) is 19.4. The summed E-state index contributed by atoms with van der Waals surface area (Å²) >= 11 is 0. The molecule has 0 unspecified atom stereocenters. The molecule has 27 heavy (non-hydrogen) atoms. The summed E-state index contributed by atoms with van der Waals surface area (Å²) in [5.74, 6) is 1.88. The van der Waals surface area contributed by atoms with Crippen molar-refractivity contribution in [2.75, 3.05) is 25.5 Å². The summed E-state index contributed by atoms with van der Waals surface area (Å²) in [6, 6.07) is 4.67. The number of hydrogen-bond acceptors (Lipinski definition) is 7. The molecule has 0 amide bonds. The van der Waals surface area contributed by atoms with Crippen LogP contribution in [0.2, 0.25) is 0 Å². The van der Waals surface area contributed by atoms with Crippen LogP contribution in [-0.4, -0.2) is 62.1 Å². The molecule has 0 aliphatic carbocycles. The molecule has 0 atom stereocenters. The molecule has 0 fully saturated rings. The fourth-order valence-corrected chi connectivity index (χ4v) is 3.14. The highest BCUT2D eigenvalue weighted by atomic mass is 16.5. The standard InChI is InChI=1S/C19H27N7O/c1-12(2)26(13(3)4)9-8-20-18-16-19(23-11-22-16)25-17(24-18)14-6-7-15(27-5)21-10-14/h6-7,10-13H,8-9H2,1-5H3,(H2,20,22,23,24,25). The maximum Gasteiger partial charge on any atom is 0.212 e. The van der Waals surface area contributed by atoms with Crippen molar-refractivity contribution in [3.05, 3.63) is 24.7 Å². The van der Waals surface area contributed by atoms with Crippen LogP contribution in [-0.2, 0) is 0 Å².